The third-order valence-corrected chi connectivity index (χ3v) is 6.06. The molecule has 0 bridgehead atoms. The molecule has 0 aliphatic carbocycles. The molecule has 6 nitrogen and oxygen atoms in total. The smallest absolute Gasteiger partial charge is 0.223 e. The molecule has 30 heavy (non-hydrogen) atoms. The van der Waals surface area contributed by atoms with Crippen LogP contribution in [-0.4, -0.2) is 28.3 Å². The highest BCUT2D eigenvalue weighted by molar-refractivity contribution is 5.71. The highest BCUT2D eigenvalue weighted by atomic mass is 16.5. The van der Waals surface area contributed by atoms with Crippen molar-refractivity contribution in [2.75, 3.05) is 18.1 Å². The van der Waals surface area contributed by atoms with Crippen LogP contribution in [-0.2, 0) is 12.0 Å². The Morgan fingerprint density at radius 2 is 1.93 bits per heavy atom. The van der Waals surface area contributed by atoms with E-state index in [1.54, 1.807) is 6.92 Å². The van der Waals surface area contributed by atoms with Crippen LogP contribution in [0.2, 0.25) is 0 Å². The van der Waals surface area contributed by atoms with Crippen molar-refractivity contribution in [2.24, 2.45) is 0 Å². The molecule has 0 radical (unpaired) electrons. The number of pyridine rings is 1. The summed E-state index contributed by atoms with van der Waals surface area (Å²) in [6, 6.07) is 20.9. The summed E-state index contributed by atoms with van der Waals surface area (Å²) < 4.78 is 11.4. The molecule has 4 heterocycles. The molecular weight excluding hydrogens is 376 g/mol. The number of fused-ring (bicyclic) bond motifs is 4. The Balaban J connectivity index is 1.41. The lowest BCUT2D eigenvalue weighted by Crippen LogP contribution is -2.36. The van der Waals surface area contributed by atoms with Crippen LogP contribution < -0.4 is 9.64 Å². The van der Waals surface area contributed by atoms with Crippen molar-refractivity contribution in [1.29, 1.82) is 0 Å². The van der Waals surface area contributed by atoms with Crippen molar-refractivity contribution < 1.29 is 9.26 Å². The van der Waals surface area contributed by atoms with E-state index in [1.807, 2.05) is 24.4 Å². The third kappa shape index (κ3) is 2.53. The molecule has 0 N–H and O–H groups in total. The van der Waals surface area contributed by atoms with Crippen LogP contribution in [0.15, 0.2) is 71.4 Å². The van der Waals surface area contributed by atoms with E-state index in [-0.39, 0.29) is 5.41 Å². The summed E-state index contributed by atoms with van der Waals surface area (Å²) in [6.45, 7) is 4.04. The van der Waals surface area contributed by atoms with Gasteiger partial charge in [0.2, 0.25) is 11.7 Å². The summed E-state index contributed by atoms with van der Waals surface area (Å²) >= 11 is 0. The fourth-order valence-electron chi connectivity index (χ4n) is 4.70. The molecule has 0 amide bonds. The minimum Gasteiger partial charge on any atom is -0.492 e. The predicted molar refractivity (Wildman–Crippen MR) is 112 cm³/mol. The van der Waals surface area contributed by atoms with Crippen molar-refractivity contribution in [1.82, 2.24) is 15.1 Å². The van der Waals surface area contributed by atoms with E-state index in [1.165, 1.54) is 16.8 Å². The molecule has 2 aliphatic heterocycles. The Morgan fingerprint density at radius 3 is 2.77 bits per heavy atom. The highest BCUT2D eigenvalue weighted by Gasteiger charge is 2.49. The number of rotatable bonds is 3. The molecule has 6 rings (SSSR count). The molecule has 1 spiro atoms. The van der Waals surface area contributed by atoms with Gasteiger partial charge in [-0.25, -0.2) is 0 Å². The maximum absolute atomic E-state index is 6.23. The largest absolute Gasteiger partial charge is 0.492 e. The van der Waals surface area contributed by atoms with Gasteiger partial charge in [-0.15, -0.1) is 0 Å². The van der Waals surface area contributed by atoms with Crippen LogP contribution in [0.1, 0.15) is 22.7 Å². The number of nitrogens with zero attached hydrogens (tertiary/aromatic N) is 4. The molecule has 2 aromatic carbocycles. The van der Waals surface area contributed by atoms with Gasteiger partial charge in [0.15, 0.2) is 0 Å². The Bertz CT molecular complexity index is 1240. The number of hydrogen-bond acceptors (Lipinski definition) is 6. The Labute approximate surface area is 174 Å². The van der Waals surface area contributed by atoms with Crippen molar-refractivity contribution in [3.05, 3.63) is 89.6 Å². The summed E-state index contributed by atoms with van der Waals surface area (Å²) in [5.41, 5.74) is 5.54. The first-order valence-corrected chi connectivity index (χ1v) is 10.1. The lowest BCUT2D eigenvalue weighted by Gasteiger charge is -2.25. The van der Waals surface area contributed by atoms with Crippen LogP contribution in [0.25, 0.3) is 11.4 Å². The van der Waals surface area contributed by atoms with Gasteiger partial charge in [0.1, 0.15) is 12.4 Å². The number of aryl methyl sites for hydroxylation is 1. The van der Waals surface area contributed by atoms with Gasteiger partial charge in [-0.05, 0) is 29.8 Å². The van der Waals surface area contributed by atoms with E-state index < -0.39 is 0 Å². The fourth-order valence-corrected chi connectivity index (χ4v) is 4.70. The SMILES string of the molecule is Cc1nc(-c2ccc3c(c2)OCC32CN(Cc3ccccn3)c3ccccc32)no1. The van der Waals surface area contributed by atoms with E-state index in [9.17, 15) is 0 Å². The summed E-state index contributed by atoms with van der Waals surface area (Å²) in [6.07, 6.45) is 1.85. The first-order chi connectivity index (χ1) is 14.7. The zero-order chi connectivity index (χ0) is 20.1. The first-order valence-electron chi connectivity index (χ1n) is 10.1. The second kappa shape index (κ2) is 6.42. The zero-order valence-electron chi connectivity index (χ0n) is 16.6. The minimum absolute atomic E-state index is 0.188. The van der Waals surface area contributed by atoms with Gasteiger partial charge in [-0.3, -0.25) is 4.98 Å². The quantitative estimate of drug-likeness (QED) is 0.519. The van der Waals surface area contributed by atoms with Crippen LogP contribution >= 0.6 is 0 Å². The molecule has 0 saturated carbocycles. The number of hydrogen-bond donors (Lipinski definition) is 0. The van der Waals surface area contributed by atoms with E-state index in [2.05, 4.69) is 62.5 Å². The van der Waals surface area contributed by atoms with E-state index in [4.69, 9.17) is 9.26 Å². The van der Waals surface area contributed by atoms with Gasteiger partial charge >= 0.3 is 0 Å². The maximum atomic E-state index is 6.23. The first kappa shape index (κ1) is 17.2. The van der Waals surface area contributed by atoms with Gasteiger partial charge < -0.3 is 14.2 Å². The lowest BCUT2D eigenvalue weighted by molar-refractivity contribution is 0.299. The summed E-state index contributed by atoms with van der Waals surface area (Å²) in [7, 11) is 0. The van der Waals surface area contributed by atoms with Crippen LogP contribution in [0, 0.1) is 6.92 Å². The molecule has 0 fully saturated rings. The Kier molecular flexibility index (Phi) is 3.68. The van der Waals surface area contributed by atoms with E-state index >= 15 is 0 Å². The highest BCUT2D eigenvalue weighted by Crippen LogP contribution is 2.52. The minimum atomic E-state index is -0.188. The molecule has 4 aromatic rings. The number of aromatic nitrogens is 3. The zero-order valence-corrected chi connectivity index (χ0v) is 16.6. The maximum Gasteiger partial charge on any atom is 0.223 e. The van der Waals surface area contributed by atoms with Crippen LogP contribution in [0.4, 0.5) is 5.69 Å². The van der Waals surface area contributed by atoms with Gasteiger partial charge in [0, 0.05) is 36.5 Å². The molecule has 1 atom stereocenters. The second-order valence-electron chi connectivity index (χ2n) is 7.91. The molecule has 0 saturated heterocycles. The summed E-state index contributed by atoms with van der Waals surface area (Å²) in [5.74, 6) is 2.03. The van der Waals surface area contributed by atoms with Crippen LogP contribution in [0.3, 0.4) is 0 Å². The monoisotopic (exact) mass is 396 g/mol. The number of ether oxygens (including phenoxy) is 1. The second-order valence-corrected chi connectivity index (χ2v) is 7.91. The Morgan fingerprint density at radius 1 is 1.03 bits per heavy atom. The normalized spacial score (nSPS) is 19.0. The van der Waals surface area contributed by atoms with E-state index in [0.29, 0.717) is 18.3 Å². The van der Waals surface area contributed by atoms with Crippen molar-refractivity contribution >= 4 is 5.69 Å². The van der Waals surface area contributed by atoms with E-state index in [0.717, 1.165) is 30.1 Å². The van der Waals surface area contributed by atoms with Gasteiger partial charge in [-0.2, -0.15) is 4.98 Å². The van der Waals surface area contributed by atoms with Gasteiger partial charge in [-0.1, -0.05) is 41.6 Å². The number of anilines is 1. The predicted octanol–water partition coefficient (Wildman–Crippen LogP) is 4.14. The van der Waals surface area contributed by atoms with Crippen molar-refractivity contribution in [2.45, 2.75) is 18.9 Å². The van der Waals surface area contributed by atoms with Crippen molar-refractivity contribution in [3.63, 3.8) is 0 Å². The average molecular weight is 396 g/mol. The third-order valence-electron chi connectivity index (χ3n) is 6.06. The topological polar surface area (TPSA) is 64.3 Å². The van der Waals surface area contributed by atoms with Gasteiger partial charge in [0.25, 0.3) is 0 Å². The number of benzene rings is 2. The Hall–Kier alpha value is -3.67. The van der Waals surface area contributed by atoms with Gasteiger partial charge in [0.05, 0.1) is 17.7 Å². The molecule has 2 aromatic heterocycles. The molecule has 6 heteroatoms. The van der Waals surface area contributed by atoms with Crippen molar-refractivity contribution in [3.8, 4) is 17.1 Å². The number of para-hydroxylation sites is 1. The molecular formula is C24H20N4O2. The standard InChI is InChI=1S/C24H20N4O2/c1-16-26-23(27-30-16)17-9-10-20-22(12-17)29-15-24(20)14-28(13-18-6-4-5-11-25-18)21-8-3-2-7-19(21)24/h2-12H,13-15H2,1H3. The molecule has 1 unspecified atom stereocenters. The molecule has 2 aliphatic rings. The lowest BCUT2D eigenvalue weighted by atomic mass is 9.77. The van der Waals surface area contributed by atoms with Crippen LogP contribution in [0.5, 0.6) is 5.75 Å². The average Bonchev–Trinajstić information content (AvgIpc) is 3.46. The summed E-state index contributed by atoms with van der Waals surface area (Å²) in [5, 5.41) is 4.04. The molecule has 148 valence electrons. The fraction of sp³-hybridized carbons (Fsp3) is 0.208. The summed E-state index contributed by atoms with van der Waals surface area (Å²) in [4.78, 5) is 11.3.